The van der Waals surface area contributed by atoms with Crippen molar-refractivity contribution in [2.75, 3.05) is 46.3 Å². The molecule has 11 aliphatic rings. The van der Waals surface area contributed by atoms with E-state index in [1.165, 1.54) is 27.4 Å². The molecule has 11 atom stereocenters. The van der Waals surface area contributed by atoms with E-state index in [9.17, 15) is 24.6 Å². The summed E-state index contributed by atoms with van der Waals surface area (Å²) in [5.41, 5.74) is 3.83. The second-order valence-electron chi connectivity index (χ2n) is 18.1. The number of anilines is 1. The second-order valence-corrected chi connectivity index (χ2v) is 18.1. The minimum Gasteiger partial charge on any atom is -0.502 e. The van der Waals surface area contributed by atoms with E-state index >= 15 is 0 Å². The van der Waals surface area contributed by atoms with Crippen LogP contribution in [0.2, 0.25) is 0 Å². The molecular weight excluding hydrogens is 732 g/mol. The van der Waals surface area contributed by atoms with E-state index in [1.807, 2.05) is 6.92 Å². The van der Waals surface area contributed by atoms with E-state index in [0.717, 1.165) is 48.4 Å². The number of esters is 2. The molecule has 0 amide bonds. The van der Waals surface area contributed by atoms with Gasteiger partial charge in [0.25, 0.3) is 0 Å². The number of allylic oxidation sites excluding steroid dienone is 2. The summed E-state index contributed by atoms with van der Waals surface area (Å²) in [5.74, 6) is -1.31. The van der Waals surface area contributed by atoms with Crippen molar-refractivity contribution in [1.82, 2.24) is 9.80 Å². The molecule has 0 aromatic heterocycles. The zero-order valence-electron chi connectivity index (χ0n) is 32.6. The van der Waals surface area contributed by atoms with Crippen LogP contribution in [0.3, 0.4) is 0 Å². The molecule has 5 fully saturated rings. The van der Waals surface area contributed by atoms with Gasteiger partial charge in [-0.05, 0) is 68.3 Å². The Kier molecular flexibility index (Phi) is 6.52. The van der Waals surface area contributed by atoms with Crippen LogP contribution in [0.1, 0.15) is 69.5 Å². The van der Waals surface area contributed by atoms with Crippen LogP contribution in [0.25, 0.3) is 0 Å². The molecule has 14 nitrogen and oxygen atoms in total. The molecule has 1 aromatic carbocycles. The number of hydrogen-bond donors (Lipinski definition) is 3. The highest BCUT2D eigenvalue weighted by Gasteiger charge is 2.76. The lowest BCUT2D eigenvalue weighted by Crippen LogP contribution is -2.68. The largest absolute Gasteiger partial charge is 0.502 e. The van der Waals surface area contributed by atoms with Gasteiger partial charge in [-0.15, -0.1) is 0 Å². The Balaban J connectivity index is 1.04. The number of piperidine rings is 2. The molecule has 0 radical (unpaired) electrons. The maximum atomic E-state index is 13.8. The van der Waals surface area contributed by atoms with Crippen LogP contribution in [0, 0.1) is 16.2 Å². The summed E-state index contributed by atoms with van der Waals surface area (Å²) in [6.45, 7) is 6.59. The lowest BCUT2D eigenvalue weighted by atomic mass is 9.51. The maximum Gasteiger partial charge on any atom is 0.335 e. The number of rotatable bonds is 5. The molecular formula is C43H46N4O10. The predicted molar refractivity (Wildman–Crippen MR) is 201 cm³/mol. The topological polar surface area (TPSA) is 172 Å². The molecule has 5 saturated heterocycles. The number of ether oxygens (including phenoxy) is 5. The first-order chi connectivity index (χ1) is 27.5. The molecule has 0 bridgehead atoms. The molecule has 0 saturated carbocycles. The molecule has 3 N–H and O–H groups in total. The fourth-order valence-corrected chi connectivity index (χ4v) is 14.6. The summed E-state index contributed by atoms with van der Waals surface area (Å²) in [5, 5.41) is 27.5. The second kappa shape index (κ2) is 10.8. The lowest BCUT2D eigenvalue weighted by Gasteiger charge is -2.60. The van der Waals surface area contributed by atoms with Crippen molar-refractivity contribution in [1.29, 1.82) is 0 Å². The smallest absolute Gasteiger partial charge is 0.335 e. The number of carbonyl (C=O) groups excluding carboxylic acids is 3. The number of aliphatic hydroxyl groups is 2. The Bertz CT molecular complexity index is 2350. The third kappa shape index (κ3) is 3.59. The van der Waals surface area contributed by atoms with Gasteiger partial charge in [-0.1, -0.05) is 13.8 Å². The Labute approximate surface area is 329 Å². The molecule has 3 aliphatic carbocycles. The number of epoxide rings is 1. The summed E-state index contributed by atoms with van der Waals surface area (Å²) < 4.78 is 29.8. The third-order valence-electron chi connectivity index (χ3n) is 16.6. The Morgan fingerprint density at radius 3 is 2.47 bits per heavy atom. The van der Waals surface area contributed by atoms with Gasteiger partial charge in [0.1, 0.15) is 23.7 Å². The first kappa shape index (κ1) is 34.5. The van der Waals surface area contributed by atoms with E-state index in [1.54, 1.807) is 0 Å². The zero-order chi connectivity index (χ0) is 39.3. The number of nitrogens with zero attached hydrogens (tertiary/aromatic N) is 3. The molecule has 57 heavy (non-hydrogen) atoms. The number of aliphatic hydroxyl groups excluding tert-OH is 2. The van der Waals surface area contributed by atoms with Gasteiger partial charge in [0.15, 0.2) is 5.76 Å². The van der Waals surface area contributed by atoms with E-state index in [4.69, 9.17) is 28.7 Å². The van der Waals surface area contributed by atoms with E-state index in [2.05, 4.69) is 34.2 Å². The van der Waals surface area contributed by atoms with Gasteiger partial charge >= 0.3 is 11.9 Å². The minimum atomic E-state index is -1.01. The SMILES string of the molecule is CCC12CC(C(=O)OC)=C3N=C4C(=CC(=O)C(O)=C4OC)C34CCN(C3c5cc6c(cc5OC3C1O)NC1=C(C(=O)OC)CC3(CC)C5OC5CN5CCC16C53)C42. The number of ketones is 1. The van der Waals surface area contributed by atoms with Gasteiger partial charge in [0, 0.05) is 59.0 Å². The summed E-state index contributed by atoms with van der Waals surface area (Å²) >= 11 is 0. The quantitative estimate of drug-likeness (QED) is 0.226. The first-order valence-corrected chi connectivity index (χ1v) is 20.4. The predicted octanol–water partition coefficient (Wildman–Crippen LogP) is 3.28. The summed E-state index contributed by atoms with van der Waals surface area (Å²) in [4.78, 5) is 51.0. The van der Waals surface area contributed by atoms with Crippen molar-refractivity contribution in [3.05, 3.63) is 69.0 Å². The van der Waals surface area contributed by atoms with Gasteiger partial charge in [-0.25, -0.2) is 14.6 Å². The number of hydrogen-bond acceptors (Lipinski definition) is 14. The van der Waals surface area contributed by atoms with Crippen molar-refractivity contribution in [2.45, 2.75) is 100 Å². The monoisotopic (exact) mass is 778 g/mol. The van der Waals surface area contributed by atoms with Crippen LogP contribution in [-0.2, 0) is 38.7 Å². The molecule has 2 spiro atoms. The van der Waals surface area contributed by atoms with Crippen LogP contribution >= 0.6 is 0 Å². The van der Waals surface area contributed by atoms with E-state index < -0.39 is 46.0 Å². The normalized spacial score (nSPS) is 42.3. The van der Waals surface area contributed by atoms with Crippen LogP contribution in [-0.4, -0.2) is 121 Å². The highest BCUT2D eigenvalue weighted by atomic mass is 16.6. The Hall–Kier alpha value is -4.50. The molecule has 11 unspecified atom stereocenters. The van der Waals surface area contributed by atoms with Gasteiger partial charge in [0.2, 0.25) is 11.5 Å². The van der Waals surface area contributed by atoms with Gasteiger partial charge in [0.05, 0.1) is 67.3 Å². The zero-order valence-corrected chi connectivity index (χ0v) is 32.6. The molecule has 8 heterocycles. The van der Waals surface area contributed by atoms with Gasteiger partial charge in [-0.3, -0.25) is 14.6 Å². The molecule has 8 aliphatic heterocycles. The van der Waals surface area contributed by atoms with Crippen molar-refractivity contribution >= 4 is 29.1 Å². The van der Waals surface area contributed by atoms with Crippen LogP contribution in [0.4, 0.5) is 5.69 Å². The van der Waals surface area contributed by atoms with E-state index in [-0.39, 0.29) is 53.9 Å². The van der Waals surface area contributed by atoms with E-state index in [0.29, 0.717) is 59.7 Å². The highest BCUT2D eigenvalue weighted by Crippen LogP contribution is 2.72. The molecule has 12 rings (SSSR count). The standard InChI is InChI=1S/C43H46N4O10/c1-6-40-15-19(36(51)54-4)33-43(22-13-24(48)29(49)30(53-3)27(22)45-33)9-11-47(39(40)43)28-18-12-21-23(14-25(18)56-31(28)34(40)50)44-32-20(37(52)55-5)16-41(7-2)35-26(57-35)17-46-10-8-42(21,32)38(41)46/h12-14,26,28,31,34-35,38-39,44,49-50H,6-11,15-17H2,1-5H3. The maximum absolute atomic E-state index is 13.8. The van der Waals surface area contributed by atoms with Crippen LogP contribution in [0.5, 0.6) is 5.75 Å². The number of fused-ring (bicyclic) bond motifs is 8. The molecule has 14 heteroatoms. The summed E-state index contributed by atoms with van der Waals surface area (Å²) in [6, 6.07) is 3.73. The fraction of sp³-hybridized carbons (Fsp3) is 0.581. The Morgan fingerprint density at radius 2 is 1.74 bits per heavy atom. The van der Waals surface area contributed by atoms with Crippen molar-refractivity contribution in [3.63, 3.8) is 0 Å². The molecule has 1 aromatic rings. The van der Waals surface area contributed by atoms with Crippen LogP contribution < -0.4 is 10.1 Å². The van der Waals surface area contributed by atoms with Crippen molar-refractivity contribution < 1.29 is 48.3 Å². The van der Waals surface area contributed by atoms with Crippen molar-refractivity contribution in [3.8, 4) is 5.75 Å². The van der Waals surface area contributed by atoms with Crippen molar-refractivity contribution in [2.24, 2.45) is 21.2 Å². The third-order valence-corrected chi connectivity index (χ3v) is 16.6. The number of carbonyl (C=O) groups is 3. The lowest BCUT2D eigenvalue weighted by molar-refractivity contribution is -0.172. The number of benzene rings is 1. The van der Waals surface area contributed by atoms with Gasteiger partial charge < -0.3 is 39.2 Å². The summed E-state index contributed by atoms with van der Waals surface area (Å²) in [6.07, 6.45) is 3.55. The number of methoxy groups -OCH3 is 3. The number of nitrogens with one attached hydrogen (secondary N) is 1. The van der Waals surface area contributed by atoms with Crippen LogP contribution in [0.15, 0.2) is 62.8 Å². The van der Waals surface area contributed by atoms with Gasteiger partial charge in [-0.2, -0.15) is 0 Å². The average molecular weight is 779 g/mol. The fourth-order valence-electron chi connectivity index (χ4n) is 14.6. The first-order valence-electron chi connectivity index (χ1n) is 20.4. The minimum absolute atomic E-state index is 0.0216. The Morgan fingerprint density at radius 1 is 1.00 bits per heavy atom. The summed E-state index contributed by atoms with van der Waals surface area (Å²) in [7, 11) is 4.19. The molecule has 298 valence electrons. The average Bonchev–Trinajstić information content (AvgIpc) is 3.56. The highest BCUT2D eigenvalue weighted by molar-refractivity contribution is 6.26. The number of aliphatic imine (C=N–C) groups is 1.